The maximum Gasteiger partial charge on any atom is 0.335 e. The second kappa shape index (κ2) is 8.21. The minimum Gasteiger partial charge on any atom is -0.478 e. The van der Waals surface area contributed by atoms with E-state index in [1.54, 1.807) is 12.1 Å². The molecule has 1 heterocycles. The Labute approximate surface area is 125 Å². The minimum atomic E-state index is -0.910. The maximum atomic E-state index is 10.9. The van der Waals surface area contributed by atoms with Gasteiger partial charge in [-0.05, 0) is 24.1 Å². The minimum absolute atomic E-state index is 0. The van der Waals surface area contributed by atoms with Crippen molar-refractivity contribution in [3.8, 4) is 0 Å². The Bertz CT molecular complexity index is 419. The first-order chi connectivity index (χ1) is 9.22. The van der Waals surface area contributed by atoms with Crippen LogP contribution in [0.15, 0.2) is 24.3 Å². The van der Waals surface area contributed by atoms with Gasteiger partial charge in [-0.1, -0.05) is 12.1 Å². The second-order valence-electron chi connectivity index (χ2n) is 4.74. The Morgan fingerprint density at radius 1 is 1.25 bits per heavy atom. The molecule has 3 N–H and O–H groups in total. The number of carbonyl (C=O) groups is 1. The van der Waals surface area contributed by atoms with Crippen LogP contribution in [-0.4, -0.2) is 53.9 Å². The van der Waals surface area contributed by atoms with E-state index in [1.165, 1.54) is 0 Å². The molecule has 1 saturated heterocycles. The van der Waals surface area contributed by atoms with E-state index >= 15 is 0 Å². The first-order valence-corrected chi connectivity index (χ1v) is 6.61. The van der Waals surface area contributed by atoms with Crippen molar-refractivity contribution in [1.29, 1.82) is 0 Å². The summed E-state index contributed by atoms with van der Waals surface area (Å²) in [6, 6.07) is 7.13. The number of carboxylic acid groups (broad SMARTS) is 1. The molecule has 0 bridgehead atoms. The number of carboxylic acids is 1. The highest BCUT2D eigenvalue weighted by Crippen LogP contribution is 2.24. The third-order valence-corrected chi connectivity index (χ3v) is 3.54. The number of aromatic carboxylic acids is 1. The predicted molar refractivity (Wildman–Crippen MR) is 79.5 cm³/mol. The lowest BCUT2D eigenvalue weighted by atomic mass is 10.00. The number of benzene rings is 1. The van der Waals surface area contributed by atoms with Crippen LogP contribution in [0.25, 0.3) is 0 Å². The normalized spacial score (nSPS) is 17.2. The SMILES string of the molecule is Cl.O=C(O)c1ccc([C@@H](CCO)N2CCNCC2)cc1. The van der Waals surface area contributed by atoms with Crippen LogP contribution in [0.1, 0.15) is 28.4 Å². The van der Waals surface area contributed by atoms with Crippen LogP contribution in [-0.2, 0) is 0 Å². The number of rotatable bonds is 5. The van der Waals surface area contributed by atoms with Crippen molar-refractivity contribution in [3.63, 3.8) is 0 Å². The Morgan fingerprint density at radius 2 is 1.85 bits per heavy atom. The standard InChI is InChI=1S/C14H20N2O3.ClH/c17-10-5-13(16-8-6-15-7-9-16)11-1-3-12(4-2-11)14(18)19;/h1-4,13,15,17H,5-10H2,(H,18,19);1H/t13-;/m1./s1. The molecule has 0 aliphatic carbocycles. The van der Waals surface area contributed by atoms with E-state index < -0.39 is 5.97 Å². The molecular formula is C14H21ClN2O3. The molecule has 0 unspecified atom stereocenters. The fourth-order valence-corrected chi connectivity index (χ4v) is 2.52. The van der Waals surface area contributed by atoms with Gasteiger partial charge in [-0.25, -0.2) is 4.79 Å². The van der Waals surface area contributed by atoms with Gasteiger partial charge in [0.25, 0.3) is 0 Å². The number of nitrogens with zero attached hydrogens (tertiary/aromatic N) is 1. The Kier molecular flexibility index (Phi) is 6.95. The second-order valence-corrected chi connectivity index (χ2v) is 4.74. The van der Waals surface area contributed by atoms with Crippen molar-refractivity contribution in [1.82, 2.24) is 10.2 Å². The first-order valence-electron chi connectivity index (χ1n) is 6.61. The van der Waals surface area contributed by atoms with Gasteiger partial charge >= 0.3 is 5.97 Å². The van der Waals surface area contributed by atoms with Crippen molar-refractivity contribution < 1.29 is 15.0 Å². The van der Waals surface area contributed by atoms with E-state index in [4.69, 9.17) is 5.11 Å². The van der Waals surface area contributed by atoms with Crippen LogP contribution >= 0.6 is 12.4 Å². The maximum absolute atomic E-state index is 10.9. The molecule has 1 aliphatic heterocycles. The van der Waals surface area contributed by atoms with Crippen LogP contribution in [0, 0.1) is 0 Å². The average molecular weight is 301 g/mol. The van der Waals surface area contributed by atoms with Gasteiger partial charge < -0.3 is 15.5 Å². The molecule has 0 spiro atoms. The van der Waals surface area contributed by atoms with Crippen molar-refractivity contribution in [3.05, 3.63) is 35.4 Å². The zero-order chi connectivity index (χ0) is 13.7. The number of aliphatic hydroxyl groups excluding tert-OH is 1. The van der Waals surface area contributed by atoms with E-state index in [1.807, 2.05) is 12.1 Å². The Morgan fingerprint density at radius 3 is 2.35 bits per heavy atom. The highest BCUT2D eigenvalue weighted by Gasteiger charge is 2.21. The average Bonchev–Trinajstić information content (AvgIpc) is 2.46. The zero-order valence-electron chi connectivity index (χ0n) is 11.3. The van der Waals surface area contributed by atoms with Gasteiger partial charge in [0.2, 0.25) is 0 Å². The molecule has 112 valence electrons. The summed E-state index contributed by atoms with van der Waals surface area (Å²) in [5, 5.41) is 21.4. The molecule has 0 aromatic heterocycles. The Hall–Kier alpha value is -1.14. The molecule has 2 rings (SSSR count). The molecule has 1 atom stereocenters. The zero-order valence-corrected chi connectivity index (χ0v) is 12.1. The quantitative estimate of drug-likeness (QED) is 0.760. The van der Waals surface area contributed by atoms with E-state index in [0.29, 0.717) is 12.0 Å². The summed E-state index contributed by atoms with van der Waals surface area (Å²) in [5.41, 5.74) is 1.37. The summed E-state index contributed by atoms with van der Waals surface area (Å²) < 4.78 is 0. The molecule has 0 radical (unpaired) electrons. The lowest BCUT2D eigenvalue weighted by Gasteiger charge is -2.35. The summed E-state index contributed by atoms with van der Waals surface area (Å²) >= 11 is 0. The summed E-state index contributed by atoms with van der Waals surface area (Å²) in [5.74, 6) is -0.910. The molecule has 1 aromatic carbocycles. The van der Waals surface area contributed by atoms with Gasteiger partial charge in [-0.3, -0.25) is 4.90 Å². The fraction of sp³-hybridized carbons (Fsp3) is 0.500. The van der Waals surface area contributed by atoms with Crippen LogP contribution in [0.5, 0.6) is 0 Å². The fourth-order valence-electron chi connectivity index (χ4n) is 2.52. The number of halogens is 1. The van der Waals surface area contributed by atoms with E-state index in [0.717, 1.165) is 31.7 Å². The number of piperazine rings is 1. The summed E-state index contributed by atoms with van der Waals surface area (Å²) in [4.78, 5) is 13.2. The van der Waals surface area contributed by atoms with Crippen molar-refractivity contribution in [2.24, 2.45) is 0 Å². The van der Waals surface area contributed by atoms with Crippen LogP contribution < -0.4 is 5.32 Å². The molecule has 1 fully saturated rings. The third-order valence-electron chi connectivity index (χ3n) is 3.54. The lowest BCUT2D eigenvalue weighted by Crippen LogP contribution is -2.45. The molecular weight excluding hydrogens is 280 g/mol. The highest BCUT2D eigenvalue weighted by molar-refractivity contribution is 5.87. The van der Waals surface area contributed by atoms with E-state index in [9.17, 15) is 9.90 Å². The molecule has 0 amide bonds. The van der Waals surface area contributed by atoms with Crippen LogP contribution in [0.3, 0.4) is 0 Å². The van der Waals surface area contributed by atoms with Gasteiger partial charge in [0.05, 0.1) is 5.56 Å². The lowest BCUT2D eigenvalue weighted by molar-refractivity contribution is 0.0696. The van der Waals surface area contributed by atoms with Crippen molar-refractivity contribution in [2.75, 3.05) is 32.8 Å². The smallest absolute Gasteiger partial charge is 0.335 e. The number of aliphatic hydroxyl groups is 1. The summed E-state index contributed by atoms with van der Waals surface area (Å²) in [7, 11) is 0. The van der Waals surface area contributed by atoms with E-state index in [2.05, 4.69) is 10.2 Å². The van der Waals surface area contributed by atoms with Gasteiger partial charge in [0.1, 0.15) is 0 Å². The number of nitrogens with one attached hydrogen (secondary N) is 1. The molecule has 0 saturated carbocycles. The van der Waals surface area contributed by atoms with Gasteiger partial charge in [-0.2, -0.15) is 0 Å². The van der Waals surface area contributed by atoms with Crippen molar-refractivity contribution in [2.45, 2.75) is 12.5 Å². The highest BCUT2D eigenvalue weighted by atomic mass is 35.5. The molecule has 1 aromatic rings. The molecule has 1 aliphatic rings. The van der Waals surface area contributed by atoms with Gasteiger partial charge in [-0.15, -0.1) is 12.4 Å². The third kappa shape index (κ3) is 4.18. The summed E-state index contributed by atoms with van der Waals surface area (Å²) in [6.07, 6.45) is 0.673. The molecule has 6 heteroatoms. The van der Waals surface area contributed by atoms with E-state index in [-0.39, 0.29) is 25.1 Å². The van der Waals surface area contributed by atoms with Crippen molar-refractivity contribution >= 4 is 18.4 Å². The number of hydrogen-bond donors (Lipinski definition) is 3. The summed E-state index contributed by atoms with van der Waals surface area (Å²) in [6.45, 7) is 3.94. The molecule has 5 nitrogen and oxygen atoms in total. The Balaban J connectivity index is 0.00000200. The topological polar surface area (TPSA) is 72.8 Å². The van der Waals surface area contributed by atoms with Crippen LogP contribution in [0.4, 0.5) is 0 Å². The predicted octanol–water partition coefficient (Wildman–Crippen LogP) is 1.14. The van der Waals surface area contributed by atoms with Gasteiger partial charge in [0, 0.05) is 38.8 Å². The molecule has 20 heavy (non-hydrogen) atoms. The van der Waals surface area contributed by atoms with Crippen LogP contribution in [0.2, 0.25) is 0 Å². The van der Waals surface area contributed by atoms with Gasteiger partial charge in [0.15, 0.2) is 0 Å². The number of hydrogen-bond acceptors (Lipinski definition) is 4. The monoisotopic (exact) mass is 300 g/mol. The first kappa shape index (κ1) is 16.9. The largest absolute Gasteiger partial charge is 0.478 e.